The molecule has 2 aliphatic heterocycles. The summed E-state index contributed by atoms with van der Waals surface area (Å²) in [5.41, 5.74) is -0.790. The summed E-state index contributed by atoms with van der Waals surface area (Å²) in [5, 5.41) is 21.4. The van der Waals surface area contributed by atoms with Crippen molar-refractivity contribution in [2.24, 2.45) is 17.3 Å². The molecule has 0 aromatic rings. The minimum absolute atomic E-state index is 0.0763. The molecule has 2 aliphatic carbocycles. The Morgan fingerprint density at radius 3 is 2.84 bits per heavy atom. The minimum Gasteiger partial charge on any atom is -0.379 e. The van der Waals surface area contributed by atoms with Crippen LogP contribution in [0.4, 0.5) is 0 Å². The van der Waals surface area contributed by atoms with E-state index in [2.05, 4.69) is 19.9 Å². The molecule has 1 unspecified atom stereocenters. The lowest BCUT2D eigenvalue weighted by Crippen LogP contribution is -2.64. The maximum absolute atomic E-state index is 11.2. The molecule has 2 saturated heterocycles. The van der Waals surface area contributed by atoms with Gasteiger partial charge < -0.3 is 19.7 Å². The molecule has 0 amide bonds. The van der Waals surface area contributed by atoms with Crippen molar-refractivity contribution in [2.45, 2.75) is 50.6 Å². The molecule has 4 rings (SSSR count). The molecule has 4 aliphatic rings. The van der Waals surface area contributed by atoms with Gasteiger partial charge in [0.05, 0.1) is 18.8 Å². The van der Waals surface area contributed by atoms with Crippen LogP contribution in [0.1, 0.15) is 33.1 Å². The van der Waals surface area contributed by atoms with Gasteiger partial charge in [0.1, 0.15) is 5.60 Å². The quantitative estimate of drug-likeness (QED) is 0.511. The Bertz CT molecular complexity index is 455. The molecule has 2 N–H and O–H groups in total. The molecule has 0 bridgehead atoms. The van der Waals surface area contributed by atoms with Crippen molar-refractivity contribution < 1.29 is 19.7 Å². The number of hydrogen-bond acceptors (Lipinski definition) is 4. The van der Waals surface area contributed by atoms with Gasteiger partial charge in [0, 0.05) is 11.3 Å². The van der Waals surface area contributed by atoms with Gasteiger partial charge in [0.2, 0.25) is 0 Å². The lowest BCUT2D eigenvalue weighted by Gasteiger charge is -2.57. The standard InChI is InChI=1S/C15H22O4/c1-9-5-6-13(2)11(14(9)8-19-14)4-3-10-7-18-12(16)15(10,13)17/h3,9,11-12,16-17H,4-8H2,1-2H3/t9-,11+,12+,13-,14?,15-/m0/s1. The van der Waals surface area contributed by atoms with Crippen LogP contribution < -0.4 is 0 Å². The SMILES string of the molecule is C[C@H]1CC[C@@]2(C)[C@@H](CC=C3CO[C@@H](O)[C@@]32O)C12CO2. The lowest BCUT2D eigenvalue weighted by atomic mass is 9.49. The number of aliphatic hydroxyl groups is 2. The Morgan fingerprint density at radius 2 is 2.16 bits per heavy atom. The third kappa shape index (κ3) is 1.20. The van der Waals surface area contributed by atoms with Crippen LogP contribution in [0.3, 0.4) is 0 Å². The average Bonchev–Trinajstić information content (AvgIpc) is 3.11. The number of hydrogen-bond donors (Lipinski definition) is 2. The highest BCUT2D eigenvalue weighted by Gasteiger charge is 2.72. The monoisotopic (exact) mass is 266 g/mol. The highest BCUT2D eigenvalue weighted by Crippen LogP contribution is 2.66. The first-order chi connectivity index (χ1) is 8.95. The van der Waals surface area contributed by atoms with E-state index in [1.54, 1.807) is 0 Å². The predicted octanol–water partition coefficient (Wildman–Crippen LogP) is 1.22. The number of ether oxygens (including phenoxy) is 2. The molecular formula is C15H22O4. The molecule has 3 fully saturated rings. The summed E-state index contributed by atoms with van der Waals surface area (Å²) < 4.78 is 11.2. The average molecular weight is 266 g/mol. The van der Waals surface area contributed by atoms with E-state index in [9.17, 15) is 10.2 Å². The van der Waals surface area contributed by atoms with Crippen molar-refractivity contribution in [1.82, 2.24) is 0 Å². The maximum atomic E-state index is 11.2. The van der Waals surface area contributed by atoms with Gasteiger partial charge in [-0.05, 0) is 30.8 Å². The summed E-state index contributed by atoms with van der Waals surface area (Å²) in [5.74, 6) is 0.803. The fourth-order valence-electron chi connectivity index (χ4n) is 4.98. The van der Waals surface area contributed by atoms with E-state index in [4.69, 9.17) is 9.47 Å². The Morgan fingerprint density at radius 1 is 1.42 bits per heavy atom. The van der Waals surface area contributed by atoms with Gasteiger partial charge in [-0.25, -0.2) is 0 Å². The van der Waals surface area contributed by atoms with E-state index in [1.165, 1.54) is 0 Å². The Hall–Kier alpha value is -0.420. The zero-order chi connectivity index (χ0) is 13.5. The number of allylic oxidation sites excluding steroid dienone is 1. The van der Waals surface area contributed by atoms with Crippen LogP contribution >= 0.6 is 0 Å². The van der Waals surface area contributed by atoms with E-state index in [0.717, 1.165) is 31.4 Å². The molecule has 2 heterocycles. The van der Waals surface area contributed by atoms with Crippen molar-refractivity contribution in [2.75, 3.05) is 13.2 Å². The van der Waals surface area contributed by atoms with Crippen molar-refractivity contribution in [3.05, 3.63) is 11.6 Å². The van der Waals surface area contributed by atoms with E-state index < -0.39 is 11.9 Å². The Kier molecular flexibility index (Phi) is 2.22. The summed E-state index contributed by atoms with van der Waals surface area (Å²) in [6.45, 7) is 5.50. The summed E-state index contributed by atoms with van der Waals surface area (Å²) >= 11 is 0. The normalized spacial score (nSPS) is 59.6. The highest BCUT2D eigenvalue weighted by atomic mass is 16.6. The van der Waals surface area contributed by atoms with Gasteiger partial charge in [-0.2, -0.15) is 0 Å². The molecular weight excluding hydrogens is 244 g/mol. The van der Waals surface area contributed by atoms with Crippen LogP contribution in [0.25, 0.3) is 0 Å². The van der Waals surface area contributed by atoms with Gasteiger partial charge in [0.15, 0.2) is 6.29 Å². The molecule has 4 heteroatoms. The largest absolute Gasteiger partial charge is 0.379 e. The van der Waals surface area contributed by atoms with Gasteiger partial charge in [-0.1, -0.05) is 19.9 Å². The van der Waals surface area contributed by atoms with Crippen LogP contribution in [-0.4, -0.2) is 40.9 Å². The first kappa shape index (κ1) is 12.3. The topological polar surface area (TPSA) is 62.2 Å². The van der Waals surface area contributed by atoms with Crippen molar-refractivity contribution in [3.8, 4) is 0 Å². The van der Waals surface area contributed by atoms with Crippen LogP contribution in [-0.2, 0) is 9.47 Å². The first-order valence-corrected chi connectivity index (χ1v) is 7.31. The second-order valence-electron chi connectivity index (χ2n) is 7.05. The fraction of sp³-hybridized carbons (Fsp3) is 0.867. The number of rotatable bonds is 0. The second-order valence-corrected chi connectivity index (χ2v) is 7.05. The number of aliphatic hydroxyl groups excluding tert-OH is 1. The van der Waals surface area contributed by atoms with Gasteiger partial charge in [-0.15, -0.1) is 0 Å². The smallest absolute Gasteiger partial charge is 0.188 e. The molecule has 19 heavy (non-hydrogen) atoms. The van der Waals surface area contributed by atoms with Crippen LogP contribution in [0, 0.1) is 17.3 Å². The third-order valence-corrected chi connectivity index (χ3v) is 6.48. The fourth-order valence-corrected chi connectivity index (χ4v) is 4.98. The first-order valence-electron chi connectivity index (χ1n) is 7.31. The molecule has 0 radical (unpaired) electrons. The molecule has 1 saturated carbocycles. The van der Waals surface area contributed by atoms with Gasteiger partial charge >= 0.3 is 0 Å². The van der Waals surface area contributed by atoms with Crippen molar-refractivity contribution in [1.29, 1.82) is 0 Å². The van der Waals surface area contributed by atoms with Gasteiger partial charge in [0.25, 0.3) is 0 Å². The number of epoxide rings is 1. The highest BCUT2D eigenvalue weighted by molar-refractivity contribution is 5.34. The predicted molar refractivity (Wildman–Crippen MR) is 68.3 cm³/mol. The van der Waals surface area contributed by atoms with Crippen LogP contribution in [0.15, 0.2) is 11.6 Å². The number of fused-ring (bicyclic) bond motifs is 4. The van der Waals surface area contributed by atoms with Crippen molar-refractivity contribution in [3.63, 3.8) is 0 Å². The van der Waals surface area contributed by atoms with Crippen molar-refractivity contribution >= 4 is 0 Å². The van der Waals surface area contributed by atoms with Gasteiger partial charge in [-0.3, -0.25) is 0 Å². The Labute approximate surface area is 113 Å². The molecule has 0 aromatic heterocycles. The molecule has 4 nitrogen and oxygen atoms in total. The minimum atomic E-state index is -1.23. The lowest BCUT2D eigenvalue weighted by molar-refractivity contribution is -0.229. The molecule has 106 valence electrons. The summed E-state index contributed by atoms with van der Waals surface area (Å²) in [6, 6.07) is 0. The maximum Gasteiger partial charge on any atom is 0.188 e. The summed E-state index contributed by atoms with van der Waals surface area (Å²) in [4.78, 5) is 0. The van der Waals surface area contributed by atoms with E-state index in [-0.39, 0.29) is 16.9 Å². The molecule has 6 atom stereocenters. The van der Waals surface area contributed by atoms with Crippen LogP contribution in [0.2, 0.25) is 0 Å². The molecule has 1 spiro atoms. The van der Waals surface area contributed by atoms with E-state index in [0.29, 0.717) is 12.5 Å². The van der Waals surface area contributed by atoms with E-state index in [1.807, 2.05) is 0 Å². The summed E-state index contributed by atoms with van der Waals surface area (Å²) in [7, 11) is 0. The summed E-state index contributed by atoms with van der Waals surface area (Å²) in [6.07, 6.45) is 3.85. The van der Waals surface area contributed by atoms with Crippen LogP contribution in [0.5, 0.6) is 0 Å². The second kappa shape index (κ2) is 3.42. The zero-order valence-electron chi connectivity index (χ0n) is 11.6. The van der Waals surface area contributed by atoms with E-state index >= 15 is 0 Å². The molecule has 0 aromatic carbocycles. The third-order valence-electron chi connectivity index (χ3n) is 6.48. The zero-order valence-corrected chi connectivity index (χ0v) is 11.6. The Balaban J connectivity index is 1.84.